The molecule has 0 spiro atoms. The Kier molecular flexibility index (Phi) is 4.22. The second-order valence-electron chi connectivity index (χ2n) is 5.47. The normalized spacial score (nSPS) is 11.0. The lowest BCUT2D eigenvalue weighted by atomic mass is 10.2. The van der Waals surface area contributed by atoms with Crippen molar-refractivity contribution in [2.24, 2.45) is 0 Å². The topological polar surface area (TPSA) is 73.6 Å². The number of benzene rings is 2. The molecule has 7 heteroatoms. The number of aromatic nitrogens is 1. The zero-order valence-electron chi connectivity index (χ0n) is 14.2. The van der Waals surface area contributed by atoms with Crippen LogP contribution in [0.3, 0.4) is 0 Å². The zero-order valence-corrected chi connectivity index (χ0v) is 15.1. The summed E-state index contributed by atoms with van der Waals surface area (Å²) in [6, 6.07) is 13.2. The first-order valence-electron chi connectivity index (χ1n) is 8.10. The van der Waals surface area contributed by atoms with Gasteiger partial charge in [0.25, 0.3) is 0 Å². The Labute approximate surface area is 153 Å². The van der Waals surface area contributed by atoms with Gasteiger partial charge in [-0.1, -0.05) is 29.5 Å². The molecule has 0 saturated carbocycles. The predicted molar refractivity (Wildman–Crippen MR) is 102 cm³/mol. The maximum absolute atomic E-state index is 12.3. The van der Waals surface area contributed by atoms with Gasteiger partial charge in [-0.25, -0.2) is 9.78 Å². The molecular weight excluding hydrogens is 352 g/mol. The fourth-order valence-electron chi connectivity index (χ4n) is 2.76. The molecule has 2 aromatic heterocycles. The average molecular weight is 368 g/mol. The van der Waals surface area contributed by atoms with Crippen molar-refractivity contribution in [3.05, 3.63) is 48.2 Å². The molecule has 0 radical (unpaired) electrons. The van der Waals surface area contributed by atoms with Crippen molar-refractivity contribution < 1.29 is 18.7 Å². The van der Waals surface area contributed by atoms with Crippen LogP contribution in [-0.4, -0.2) is 24.7 Å². The monoisotopic (exact) mass is 368 g/mol. The van der Waals surface area contributed by atoms with Crippen LogP contribution in [0, 0.1) is 0 Å². The average Bonchev–Trinajstić information content (AvgIpc) is 3.23. The van der Waals surface area contributed by atoms with Gasteiger partial charge in [0.2, 0.25) is 5.76 Å². The molecule has 0 unspecified atom stereocenters. The number of fused-ring (bicyclic) bond motifs is 2. The molecule has 0 amide bonds. The number of anilines is 2. The zero-order chi connectivity index (χ0) is 18.1. The third-order valence-corrected chi connectivity index (χ3v) is 4.83. The molecule has 0 atom stereocenters. The highest BCUT2D eigenvalue weighted by Gasteiger charge is 2.23. The number of thiazole rings is 1. The van der Waals surface area contributed by atoms with Crippen molar-refractivity contribution >= 4 is 49.3 Å². The van der Waals surface area contributed by atoms with Crippen molar-refractivity contribution in [2.45, 2.75) is 6.92 Å². The number of furan rings is 1. The van der Waals surface area contributed by atoms with E-state index in [1.165, 1.54) is 11.3 Å². The summed E-state index contributed by atoms with van der Waals surface area (Å²) in [7, 11) is 1.61. The summed E-state index contributed by atoms with van der Waals surface area (Å²) in [5.74, 6) is 0.332. The quantitative estimate of drug-likeness (QED) is 0.501. The summed E-state index contributed by atoms with van der Waals surface area (Å²) >= 11 is 1.47. The summed E-state index contributed by atoms with van der Waals surface area (Å²) in [6.07, 6.45) is 0. The van der Waals surface area contributed by atoms with Gasteiger partial charge in [0.1, 0.15) is 22.5 Å². The second kappa shape index (κ2) is 6.68. The molecule has 26 heavy (non-hydrogen) atoms. The lowest BCUT2D eigenvalue weighted by molar-refractivity contribution is 0.0494. The lowest BCUT2D eigenvalue weighted by Gasteiger charge is -2.03. The Hall–Kier alpha value is -3.06. The molecule has 2 aromatic carbocycles. The molecule has 1 N–H and O–H groups in total. The summed E-state index contributed by atoms with van der Waals surface area (Å²) < 4.78 is 17.2. The van der Waals surface area contributed by atoms with Crippen LogP contribution in [0.4, 0.5) is 10.8 Å². The lowest BCUT2D eigenvalue weighted by Crippen LogP contribution is -2.06. The summed E-state index contributed by atoms with van der Waals surface area (Å²) in [5, 5.41) is 4.67. The summed E-state index contributed by atoms with van der Waals surface area (Å²) in [6.45, 7) is 2.03. The molecule has 4 rings (SSSR count). The number of methoxy groups -OCH3 is 1. The Morgan fingerprint density at radius 1 is 1.23 bits per heavy atom. The van der Waals surface area contributed by atoms with E-state index < -0.39 is 5.97 Å². The largest absolute Gasteiger partial charge is 0.494 e. The Morgan fingerprint density at radius 2 is 2.08 bits per heavy atom. The second-order valence-corrected chi connectivity index (χ2v) is 6.50. The van der Waals surface area contributed by atoms with E-state index in [1.807, 2.05) is 42.5 Å². The third-order valence-electron chi connectivity index (χ3n) is 3.89. The predicted octanol–water partition coefficient (Wildman–Crippen LogP) is 4.97. The molecular formula is C19H16N2O4S. The first kappa shape index (κ1) is 16.4. The number of carbonyl (C=O) groups excluding carboxylic acids is 1. The highest BCUT2D eigenvalue weighted by atomic mass is 32.1. The molecule has 0 fully saturated rings. The van der Waals surface area contributed by atoms with Crippen LogP contribution in [0.25, 0.3) is 21.2 Å². The van der Waals surface area contributed by atoms with Crippen molar-refractivity contribution in [1.82, 2.24) is 4.98 Å². The number of hydrogen-bond donors (Lipinski definition) is 1. The highest BCUT2D eigenvalue weighted by molar-refractivity contribution is 7.22. The van der Waals surface area contributed by atoms with Gasteiger partial charge in [-0.2, -0.15) is 0 Å². The van der Waals surface area contributed by atoms with E-state index in [-0.39, 0.29) is 12.4 Å². The van der Waals surface area contributed by atoms with Crippen molar-refractivity contribution in [1.29, 1.82) is 0 Å². The fraction of sp³-hybridized carbons (Fsp3) is 0.158. The van der Waals surface area contributed by atoms with E-state index in [1.54, 1.807) is 14.0 Å². The number of carbonyl (C=O) groups is 1. The fourth-order valence-corrected chi connectivity index (χ4v) is 3.65. The minimum absolute atomic E-state index is 0.138. The Morgan fingerprint density at radius 3 is 2.88 bits per heavy atom. The van der Waals surface area contributed by atoms with Crippen LogP contribution in [0.5, 0.6) is 5.75 Å². The van der Waals surface area contributed by atoms with Gasteiger partial charge in [-0.15, -0.1) is 0 Å². The van der Waals surface area contributed by atoms with Crippen molar-refractivity contribution in [3.63, 3.8) is 0 Å². The van der Waals surface area contributed by atoms with E-state index in [2.05, 4.69) is 10.3 Å². The molecule has 0 bridgehead atoms. The van der Waals surface area contributed by atoms with Crippen LogP contribution in [-0.2, 0) is 4.74 Å². The smallest absolute Gasteiger partial charge is 0.376 e. The minimum atomic E-state index is -0.509. The number of ether oxygens (including phenoxy) is 2. The standard InChI is InChI=1S/C19H16N2O4S/c1-3-24-18(22)17-15(11-7-4-5-8-12(11)25-17)20-19-21-16-13(23-2)9-6-10-14(16)26-19/h4-10H,3H2,1-2H3,(H,20,21). The van der Waals surface area contributed by atoms with Gasteiger partial charge in [0, 0.05) is 5.39 Å². The van der Waals surface area contributed by atoms with Gasteiger partial charge in [0.15, 0.2) is 5.13 Å². The van der Waals surface area contributed by atoms with Crippen LogP contribution >= 0.6 is 11.3 Å². The highest BCUT2D eigenvalue weighted by Crippen LogP contribution is 2.37. The van der Waals surface area contributed by atoms with Crippen LogP contribution < -0.4 is 10.1 Å². The minimum Gasteiger partial charge on any atom is -0.494 e. The number of rotatable bonds is 5. The Bertz CT molecular complexity index is 1100. The van der Waals surface area contributed by atoms with E-state index in [0.29, 0.717) is 22.2 Å². The molecule has 132 valence electrons. The number of para-hydroxylation sites is 2. The maximum atomic E-state index is 12.3. The first-order valence-corrected chi connectivity index (χ1v) is 8.92. The molecule has 0 aliphatic carbocycles. The number of nitrogens with zero attached hydrogens (tertiary/aromatic N) is 1. The van der Waals surface area contributed by atoms with Crippen LogP contribution in [0.2, 0.25) is 0 Å². The van der Waals surface area contributed by atoms with Gasteiger partial charge < -0.3 is 19.2 Å². The van der Waals surface area contributed by atoms with E-state index in [4.69, 9.17) is 13.9 Å². The molecule has 6 nitrogen and oxygen atoms in total. The maximum Gasteiger partial charge on any atom is 0.376 e. The number of esters is 1. The van der Waals surface area contributed by atoms with E-state index in [0.717, 1.165) is 15.6 Å². The SMILES string of the molecule is CCOC(=O)c1oc2ccccc2c1Nc1nc2c(OC)cccc2s1. The first-order chi connectivity index (χ1) is 12.7. The summed E-state index contributed by atoms with van der Waals surface area (Å²) in [4.78, 5) is 16.9. The van der Waals surface area contributed by atoms with Gasteiger partial charge >= 0.3 is 5.97 Å². The third kappa shape index (κ3) is 2.76. The van der Waals surface area contributed by atoms with E-state index >= 15 is 0 Å². The number of hydrogen-bond acceptors (Lipinski definition) is 7. The van der Waals surface area contributed by atoms with Gasteiger partial charge in [-0.05, 0) is 31.2 Å². The van der Waals surface area contributed by atoms with Crippen LogP contribution in [0.1, 0.15) is 17.5 Å². The molecule has 0 aliphatic heterocycles. The van der Waals surface area contributed by atoms with Gasteiger partial charge in [-0.3, -0.25) is 0 Å². The van der Waals surface area contributed by atoms with E-state index in [9.17, 15) is 4.79 Å². The molecule has 0 aliphatic rings. The molecule has 4 aromatic rings. The Balaban J connectivity index is 1.81. The summed E-state index contributed by atoms with van der Waals surface area (Å²) in [5.41, 5.74) is 1.93. The van der Waals surface area contributed by atoms with Crippen LogP contribution in [0.15, 0.2) is 46.9 Å². The number of nitrogens with one attached hydrogen (secondary N) is 1. The molecule has 2 heterocycles. The molecule has 0 saturated heterocycles. The van der Waals surface area contributed by atoms with Gasteiger partial charge in [0.05, 0.1) is 18.4 Å². The van der Waals surface area contributed by atoms with Crippen molar-refractivity contribution in [2.75, 3.05) is 19.0 Å². The van der Waals surface area contributed by atoms with Crippen molar-refractivity contribution in [3.8, 4) is 5.75 Å².